The molecule has 1 rings (SSSR count). The van der Waals surface area contributed by atoms with Crippen molar-refractivity contribution < 1.29 is 33.5 Å². The van der Waals surface area contributed by atoms with Crippen LogP contribution in [0.5, 0.6) is 0 Å². The van der Waals surface area contributed by atoms with E-state index < -0.39 is 35.4 Å². The van der Waals surface area contributed by atoms with Gasteiger partial charge >= 0.3 is 18.9 Å². The molecule has 0 aromatic rings. The first-order chi connectivity index (χ1) is 9.18. The first-order valence-corrected chi connectivity index (χ1v) is 23.6. The molecule has 124 valence electrons. The molecule has 3 nitrogen and oxygen atoms in total. The molecule has 1 saturated heterocycles. The molecule has 0 aliphatic carbocycles. The largest absolute Gasteiger partial charge is 1.00 e. The van der Waals surface area contributed by atoms with Gasteiger partial charge < -0.3 is 14.6 Å². The molecule has 1 fully saturated rings. The number of hydrogen-bond acceptors (Lipinski definition) is 3. The first-order valence-electron chi connectivity index (χ1n) is 8.00. The Morgan fingerprint density at radius 3 is 1.55 bits per heavy atom. The van der Waals surface area contributed by atoms with Crippen LogP contribution in [0.4, 0.5) is 0 Å². The van der Waals surface area contributed by atoms with Gasteiger partial charge in [0.2, 0.25) is 0 Å². The van der Waals surface area contributed by atoms with Crippen LogP contribution in [0.15, 0.2) is 0 Å². The van der Waals surface area contributed by atoms with Gasteiger partial charge in [-0.05, 0) is 6.42 Å². The van der Waals surface area contributed by atoms with Crippen molar-refractivity contribution in [2.24, 2.45) is 5.92 Å². The molecule has 0 spiro atoms. The number of carbonyl (C=O) groups is 1. The van der Waals surface area contributed by atoms with Gasteiger partial charge in [-0.2, -0.15) is 0 Å². The molecular weight excluding hydrogens is 335 g/mol. The third-order valence-corrected chi connectivity index (χ3v) is 78.2. The maximum absolute atomic E-state index is 11.7. The Hall–Kier alpha value is 0.895. The maximum atomic E-state index is 11.7. The predicted octanol–water partition coefficient (Wildman–Crippen LogP) is -0.617. The second-order valence-corrected chi connectivity index (χ2v) is 50.3. The molecule has 0 N–H and O–H groups in total. The Morgan fingerprint density at radius 2 is 1.27 bits per heavy atom. The van der Waals surface area contributed by atoms with Crippen molar-refractivity contribution in [2.75, 3.05) is 6.61 Å². The summed E-state index contributed by atoms with van der Waals surface area (Å²) in [6, 6.07) is 0. The number of carboxylic acid groups (broad SMARTS) is 1. The summed E-state index contributed by atoms with van der Waals surface area (Å²) in [5.74, 6) is -1.23. The van der Waals surface area contributed by atoms with Gasteiger partial charge in [-0.15, -0.1) is 0 Å². The SMILES string of the molecule is C[Si](C)(C)[Si](C1OCCC1C(=O)[O-])([Si](C)(C)C)[Si](C)(C)C.[Li+]. The standard InChI is InChI=1S/C14H34O3Si4.Li/c1-18(2,3)21(19(4,5)6,20(7,8)9)14-12(13(15)16)10-11-17-14;/h12,14H,10-11H2,1-9H3,(H,15,16);/q;+1/p-1. The third-order valence-electron chi connectivity index (χ3n) is 5.37. The van der Waals surface area contributed by atoms with E-state index >= 15 is 0 Å². The molecule has 1 aliphatic rings. The van der Waals surface area contributed by atoms with E-state index in [0.717, 1.165) is 0 Å². The zero-order chi connectivity index (χ0) is 16.9. The zero-order valence-electron chi connectivity index (χ0n) is 16.3. The van der Waals surface area contributed by atoms with Crippen molar-refractivity contribution in [3.05, 3.63) is 0 Å². The van der Waals surface area contributed by atoms with E-state index in [1.54, 1.807) is 0 Å². The Kier molecular flexibility index (Phi) is 7.31. The normalized spacial score (nSPS) is 24.0. The number of rotatable bonds is 5. The van der Waals surface area contributed by atoms with Crippen LogP contribution in [-0.2, 0) is 9.53 Å². The fourth-order valence-corrected chi connectivity index (χ4v) is 108. The quantitative estimate of drug-likeness (QED) is 0.608. The van der Waals surface area contributed by atoms with Gasteiger partial charge in [0, 0.05) is 41.3 Å². The van der Waals surface area contributed by atoms with E-state index in [4.69, 9.17) is 4.74 Å². The molecule has 0 aromatic heterocycles. The van der Waals surface area contributed by atoms with E-state index in [2.05, 4.69) is 58.9 Å². The average Bonchev–Trinajstić information content (AvgIpc) is 2.59. The van der Waals surface area contributed by atoms with Gasteiger partial charge in [-0.3, -0.25) is 0 Å². The van der Waals surface area contributed by atoms with Crippen LogP contribution >= 0.6 is 0 Å². The van der Waals surface area contributed by atoms with Crippen molar-refractivity contribution in [3.63, 3.8) is 0 Å². The smallest absolute Gasteiger partial charge is 0.550 e. The van der Waals surface area contributed by atoms with Crippen LogP contribution in [0.3, 0.4) is 0 Å². The molecule has 1 heterocycles. The van der Waals surface area contributed by atoms with E-state index in [1.807, 2.05) is 0 Å². The second-order valence-electron chi connectivity index (χ2n) is 9.56. The van der Waals surface area contributed by atoms with Crippen LogP contribution in [-0.4, -0.2) is 47.7 Å². The van der Waals surface area contributed by atoms with Crippen LogP contribution < -0.4 is 24.0 Å². The number of ether oxygens (including phenoxy) is 1. The van der Waals surface area contributed by atoms with E-state index in [9.17, 15) is 9.90 Å². The molecule has 2 unspecified atom stereocenters. The molecule has 0 saturated carbocycles. The summed E-state index contributed by atoms with van der Waals surface area (Å²) in [6.45, 7) is 21.1. The first kappa shape index (κ1) is 22.9. The summed E-state index contributed by atoms with van der Waals surface area (Å²) < 4.78 is 6.22. The van der Waals surface area contributed by atoms with Crippen molar-refractivity contribution >= 4 is 35.4 Å². The van der Waals surface area contributed by atoms with Crippen molar-refractivity contribution in [2.45, 2.75) is 71.1 Å². The second kappa shape index (κ2) is 7.02. The molecular formula is C14H33LiO3Si4. The van der Waals surface area contributed by atoms with E-state index in [0.29, 0.717) is 13.0 Å². The van der Waals surface area contributed by atoms with Gasteiger partial charge in [0.1, 0.15) is 0 Å². The third kappa shape index (κ3) is 3.61. The summed E-state index contributed by atoms with van der Waals surface area (Å²) >= 11 is 0. The molecule has 8 heteroatoms. The van der Waals surface area contributed by atoms with Crippen molar-refractivity contribution in [1.29, 1.82) is 0 Å². The maximum Gasteiger partial charge on any atom is 1.00 e. The molecule has 2 atom stereocenters. The van der Waals surface area contributed by atoms with Crippen LogP contribution in [0.1, 0.15) is 6.42 Å². The van der Waals surface area contributed by atoms with E-state index in [1.165, 1.54) is 0 Å². The van der Waals surface area contributed by atoms with Crippen molar-refractivity contribution in [3.8, 4) is 0 Å². The molecule has 22 heavy (non-hydrogen) atoms. The molecule has 0 radical (unpaired) electrons. The van der Waals surface area contributed by atoms with Crippen LogP contribution in [0, 0.1) is 5.92 Å². The number of carboxylic acids is 1. The van der Waals surface area contributed by atoms with Crippen molar-refractivity contribution in [1.82, 2.24) is 0 Å². The summed E-state index contributed by atoms with van der Waals surface area (Å²) in [6.07, 6.45) is 0.654. The average molecular weight is 369 g/mol. The monoisotopic (exact) mass is 368 g/mol. The summed E-state index contributed by atoms with van der Waals surface area (Å²) in [4.78, 5) is 11.7. The zero-order valence-corrected chi connectivity index (χ0v) is 20.3. The Balaban J connectivity index is 0.00000441. The van der Waals surface area contributed by atoms with Gasteiger partial charge in [-0.25, -0.2) is 0 Å². The van der Waals surface area contributed by atoms with E-state index in [-0.39, 0.29) is 30.5 Å². The fraction of sp³-hybridized carbons (Fsp3) is 0.929. The minimum Gasteiger partial charge on any atom is -0.550 e. The Labute approximate surface area is 152 Å². The van der Waals surface area contributed by atoms with Gasteiger partial charge in [0.15, 0.2) is 0 Å². The molecule has 1 aliphatic heterocycles. The summed E-state index contributed by atoms with van der Waals surface area (Å²) in [5.41, 5.74) is 0.00694. The van der Waals surface area contributed by atoms with Crippen LogP contribution in [0.25, 0.3) is 0 Å². The molecule has 0 aromatic carbocycles. The summed E-state index contributed by atoms with van der Waals surface area (Å²) in [7, 11) is -4.54. The van der Waals surface area contributed by atoms with Gasteiger partial charge in [0.05, 0.1) is 12.4 Å². The molecule has 0 bridgehead atoms. The molecule has 0 amide bonds. The number of aliphatic carboxylic acids is 1. The van der Waals surface area contributed by atoms with Crippen LogP contribution in [0.2, 0.25) is 58.9 Å². The minimum absolute atomic E-state index is 0. The number of hydrogen-bond donors (Lipinski definition) is 0. The van der Waals surface area contributed by atoms with Gasteiger partial charge in [0.25, 0.3) is 0 Å². The van der Waals surface area contributed by atoms with Gasteiger partial charge in [-0.1, -0.05) is 58.9 Å². The minimum atomic E-state index is -1.82. The Bertz CT molecular complexity index is 374. The fourth-order valence-electron chi connectivity index (χ4n) is 5.91. The number of carbonyl (C=O) groups excluding carboxylic acids is 1. The summed E-state index contributed by atoms with van der Waals surface area (Å²) in [5, 5.41) is 11.7. The Morgan fingerprint density at radius 1 is 0.909 bits per heavy atom. The topological polar surface area (TPSA) is 49.4 Å². The predicted molar refractivity (Wildman–Crippen MR) is 98.6 cm³/mol.